The van der Waals surface area contributed by atoms with Gasteiger partial charge >= 0.3 is 0 Å². The molecule has 0 fully saturated rings. The molecule has 0 aliphatic heterocycles. The zero-order chi connectivity index (χ0) is 14.4. The number of hydrogen-bond acceptors (Lipinski definition) is 5. The molecule has 0 radical (unpaired) electrons. The maximum atomic E-state index is 9.11. The van der Waals surface area contributed by atoms with Crippen molar-refractivity contribution in [3.05, 3.63) is 41.9 Å². The lowest BCUT2D eigenvalue weighted by Gasteiger charge is -2.11. The fourth-order valence-electron chi connectivity index (χ4n) is 1.85. The molecule has 20 heavy (non-hydrogen) atoms. The van der Waals surface area contributed by atoms with Crippen molar-refractivity contribution in [2.45, 2.75) is 20.3 Å². The standard InChI is InChI=1S/C14H16N6/c1-10(2)7-11-5-3-4-6-13(11)16-9-12(8-15)14-17-19-20-18-14/h3-6,9-10,16H,7H2,1-2H3,(H,17,18,19,20). The molecular weight excluding hydrogens is 252 g/mol. The molecule has 0 spiro atoms. The summed E-state index contributed by atoms with van der Waals surface area (Å²) in [6.45, 7) is 4.35. The Morgan fingerprint density at radius 1 is 1.45 bits per heavy atom. The smallest absolute Gasteiger partial charge is 0.216 e. The largest absolute Gasteiger partial charge is 0.360 e. The van der Waals surface area contributed by atoms with Crippen molar-refractivity contribution in [3.8, 4) is 6.07 Å². The van der Waals surface area contributed by atoms with Crippen LogP contribution in [0.5, 0.6) is 0 Å². The average Bonchev–Trinajstić information content (AvgIpc) is 2.95. The maximum absolute atomic E-state index is 9.11. The summed E-state index contributed by atoms with van der Waals surface area (Å²) in [4.78, 5) is 0. The van der Waals surface area contributed by atoms with E-state index in [2.05, 4.69) is 45.9 Å². The number of nitriles is 1. The summed E-state index contributed by atoms with van der Waals surface area (Å²) < 4.78 is 0. The van der Waals surface area contributed by atoms with E-state index in [0.717, 1.165) is 12.1 Å². The third kappa shape index (κ3) is 3.42. The number of aromatic amines is 1. The summed E-state index contributed by atoms with van der Waals surface area (Å²) in [6, 6.07) is 10.1. The first kappa shape index (κ1) is 13.7. The Morgan fingerprint density at radius 2 is 2.25 bits per heavy atom. The summed E-state index contributed by atoms with van der Waals surface area (Å²) in [5, 5.41) is 25.6. The number of nitrogens with zero attached hydrogens (tertiary/aromatic N) is 4. The van der Waals surface area contributed by atoms with Gasteiger partial charge in [0.1, 0.15) is 11.6 Å². The molecule has 2 rings (SSSR count). The summed E-state index contributed by atoms with van der Waals surface area (Å²) in [7, 11) is 0. The molecule has 6 heteroatoms. The van der Waals surface area contributed by atoms with Gasteiger partial charge in [0, 0.05) is 11.9 Å². The normalized spacial score (nSPS) is 11.4. The highest BCUT2D eigenvalue weighted by Gasteiger charge is 2.07. The molecule has 0 saturated heterocycles. The molecule has 1 aromatic carbocycles. The van der Waals surface area contributed by atoms with Crippen molar-refractivity contribution < 1.29 is 0 Å². The van der Waals surface area contributed by atoms with Gasteiger partial charge in [0.15, 0.2) is 0 Å². The maximum Gasteiger partial charge on any atom is 0.216 e. The van der Waals surface area contributed by atoms with Gasteiger partial charge in [0.2, 0.25) is 5.82 Å². The van der Waals surface area contributed by atoms with Crippen LogP contribution in [0.15, 0.2) is 30.5 Å². The minimum Gasteiger partial charge on any atom is -0.360 e. The van der Waals surface area contributed by atoms with Crippen LogP contribution in [-0.2, 0) is 6.42 Å². The first-order valence-corrected chi connectivity index (χ1v) is 6.39. The van der Waals surface area contributed by atoms with E-state index in [1.807, 2.05) is 24.3 Å². The van der Waals surface area contributed by atoms with E-state index in [9.17, 15) is 0 Å². The number of hydrogen-bond donors (Lipinski definition) is 2. The van der Waals surface area contributed by atoms with Crippen LogP contribution in [0, 0.1) is 17.2 Å². The lowest BCUT2D eigenvalue weighted by Crippen LogP contribution is -2.00. The van der Waals surface area contributed by atoms with E-state index < -0.39 is 0 Å². The van der Waals surface area contributed by atoms with Crippen LogP contribution >= 0.6 is 0 Å². The van der Waals surface area contributed by atoms with Crippen LogP contribution < -0.4 is 5.32 Å². The van der Waals surface area contributed by atoms with Crippen molar-refractivity contribution in [3.63, 3.8) is 0 Å². The van der Waals surface area contributed by atoms with Gasteiger partial charge in [0.05, 0.1) is 0 Å². The van der Waals surface area contributed by atoms with Gasteiger partial charge in [-0.05, 0) is 29.2 Å². The topological polar surface area (TPSA) is 90.3 Å². The van der Waals surface area contributed by atoms with E-state index in [1.165, 1.54) is 5.56 Å². The molecule has 2 N–H and O–H groups in total. The van der Waals surface area contributed by atoms with Crippen molar-refractivity contribution in [1.29, 1.82) is 5.26 Å². The Labute approximate surface area is 117 Å². The molecule has 0 aliphatic rings. The van der Waals surface area contributed by atoms with Crippen LogP contribution in [0.3, 0.4) is 0 Å². The number of H-pyrrole nitrogens is 1. The highest BCUT2D eigenvalue weighted by Crippen LogP contribution is 2.19. The van der Waals surface area contributed by atoms with Gasteiger partial charge in [-0.2, -0.15) is 10.5 Å². The summed E-state index contributed by atoms with van der Waals surface area (Å²) >= 11 is 0. The van der Waals surface area contributed by atoms with Crippen molar-refractivity contribution >= 4 is 11.3 Å². The molecule has 0 aliphatic carbocycles. The summed E-state index contributed by atoms with van der Waals surface area (Å²) in [6.07, 6.45) is 2.57. The first-order valence-electron chi connectivity index (χ1n) is 6.39. The number of rotatable bonds is 5. The number of anilines is 1. The zero-order valence-corrected chi connectivity index (χ0v) is 11.5. The minimum atomic E-state index is 0.279. The lowest BCUT2D eigenvalue weighted by molar-refractivity contribution is 0.648. The minimum absolute atomic E-state index is 0.279. The Bertz CT molecular complexity index is 621. The Kier molecular flexibility index (Phi) is 4.45. The van der Waals surface area contributed by atoms with Gasteiger partial charge in [-0.15, -0.1) is 10.2 Å². The second-order valence-corrected chi connectivity index (χ2v) is 4.80. The fourth-order valence-corrected chi connectivity index (χ4v) is 1.85. The molecule has 2 aromatic rings. The number of para-hydroxylation sites is 1. The van der Waals surface area contributed by atoms with Gasteiger partial charge in [-0.1, -0.05) is 32.0 Å². The Morgan fingerprint density at radius 3 is 2.90 bits per heavy atom. The number of allylic oxidation sites excluding steroid dienone is 1. The molecule has 0 unspecified atom stereocenters. The second kappa shape index (κ2) is 6.48. The molecular formula is C14H16N6. The quantitative estimate of drug-likeness (QED) is 0.812. The number of aromatic nitrogens is 4. The van der Waals surface area contributed by atoms with Crippen molar-refractivity contribution in [2.75, 3.05) is 5.32 Å². The van der Waals surface area contributed by atoms with E-state index in [0.29, 0.717) is 11.5 Å². The van der Waals surface area contributed by atoms with Crippen molar-refractivity contribution in [1.82, 2.24) is 20.6 Å². The van der Waals surface area contributed by atoms with Crippen LogP contribution in [0.25, 0.3) is 5.57 Å². The Hall–Kier alpha value is -2.68. The van der Waals surface area contributed by atoms with Crippen LogP contribution in [0.2, 0.25) is 0 Å². The van der Waals surface area contributed by atoms with Crippen LogP contribution in [-0.4, -0.2) is 20.6 Å². The van der Waals surface area contributed by atoms with Crippen LogP contribution in [0.4, 0.5) is 5.69 Å². The SMILES string of the molecule is CC(C)Cc1ccccc1NC=C(C#N)c1nn[nH]n1. The monoisotopic (exact) mass is 268 g/mol. The van der Waals surface area contributed by atoms with E-state index in [-0.39, 0.29) is 5.82 Å². The first-order chi connectivity index (χ1) is 9.70. The van der Waals surface area contributed by atoms with E-state index in [4.69, 9.17) is 5.26 Å². The highest BCUT2D eigenvalue weighted by atomic mass is 15.5. The molecule has 0 amide bonds. The van der Waals surface area contributed by atoms with Gasteiger partial charge < -0.3 is 5.32 Å². The Balaban J connectivity index is 2.20. The molecule has 0 bridgehead atoms. The third-order valence-electron chi connectivity index (χ3n) is 2.72. The number of benzene rings is 1. The van der Waals surface area contributed by atoms with E-state index >= 15 is 0 Å². The van der Waals surface area contributed by atoms with E-state index in [1.54, 1.807) is 6.20 Å². The lowest BCUT2D eigenvalue weighted by atomic mass is 10.0. The molecule has 6 nitrogen and oxygen atoms in total. The predicted molar refractivity (Wildman–Crippen MR) is 76.4 cm³/mol. The van der Waals surface area contributed by atoms with Gasteiger partial charge in [-0.3, -0.25) is 0 Å². The molecule has 1 heterocycles. The average molecular weight is 268 g/mol. The third-order valence-corrected chi connectivity index (χ3v) is 2.72. The van der Waals surface area contributed by atoms with Crippen LogP contribution in [0.1, 0.15) is 25.2 Å². The molecule has 102 valence electrons. The summed E-state index contributed by atoms with van der Waals surface area (Å²) in [5.74, 6) is 0.843. The fraction of sp³-hybridized carbons (Fsp3) is 0.286. The molecule has 1 aromatic heterocycles. The van der Waals surface area contributed by atoms with Gasteiger partial charge in [0.25, 0.3) is 0 Å². The molecule has 0 atom stereocenters. The van der Waals surface area contributed by atoms with Crippen molar-refractivity contribution in [2.24, 2.45) is 5.92 Å². The second-order valence-electron chi connectivity index (χ2n) is 4.80. The van der Waals surface area contributed by atoms with Gasteiger partial charge in [-0.25, -0.2) is 0 Å². The number of nitrogens with one attached hydrogen (secondary N) is 2. The zero-order valence-electron chi connectivity index (χ0n) is 11.5. The highest BCUT2D eigenvalue weighted by molar-refractivity contribution is 5.74. The number of tetrazole rings is 1. The summed E-state index contributed by atoms with van der Waals surface area (Å²) in [5.41, 5.74) is 2.53. The molecule has 0 saturated carbocycles. The predicted octanol–water partition coefficient (Wildman–Crippen LogP) is 2.37.